The number of carbonyl (C=O) groups is 1. The maximum Gasteiger partial charge on any atom is 0.416 e. The number of carbonyl (C=O) groups excluding carboxylic acids is 1. The maximum absolute atomic E-state index is 12.6. The summed E-state index contributed by atoms with van der Waals surface area (Å²) in [6.07, 6.45) is -1.37. The molecule has 2 amide bonds. The highest BCUT2D eigenvalue weighted by Crippen LogP contribution is 2.31. The monoisotopic (exact) mass is 356 g/mol. The first-order valence-corrected chi connectivity index (χ1v) is 8.66. The predicted octanol–water partition coefficient (Wildman–Crippen LogP) is 3.98. The fourth-order valence-electron chi connectivity index (χ4n) is 3.10. The average Bonchev–Trinajstić information content (AvgIpc) is 3.27. The first kappa shape index (κ1) is 18.0. The molecule has 1 saturated carbocycles. The van der Waals surface area contributed by atoms with Crippen LogP contribution in [0.1, 0.15) is 43.4 Å². The number of halogens is 3. The zero-order valence-corrected chi connectivity index (χ0v) is 14.2. The van der Waals surface area contributed by atoms with E-state index in [0.29, 0.717) is 24.6 Å². The summed E-state index contributed by atoms with van der Waals surface area (Å²) in [6, 6.07) is 4.71. The van der Waals surface area contributed by atoms with E-state index in [1.54, 1.807) is 6.92 Å². The molecule has 3 rings (SSSR count). The van der Waals surface area contributed by atoms with Crippen molar-refractivity contribution in [3.05, 3.63) is 35.4 Å². The Morgan fingerprint density at radius 3 is 2.48 bits per heavy atom. The standard InChI is InChI=1S/C18H23F3N2O2/c1-12(14-2-4-15(5-3-14)18(19,20)21)22-17(24)23(16-6-7-16)10-13-8-9-25-11-13/h2-5,12-13,16H,6-11H2,1H3,(H,22,24). The zero-order chi connectivity index (χ0) is 18.0. The van der Waals surface area contributed by atoms with E-state index in [1.807, 2.05) is 4.90 Å². The molecule has 1 aliphatic carbocycles. The minimum absolute atomic E-state index is 0.151. The minimum atomic E-state index is -4.35. The first-order valence-electron chi connectivity index (χ1n) is 8.66. The van der Waals surface area contributed by atoms with Crippen molar-refractivity contribution in [1.29, 1.82) is 0 Å². The van der Waals surface area contributed by atoms with Crippen molar-refractivity contribution in [2.24, 2.45) is 5.92 Å². The molecule has 2 unspecified atom stereocenters. The molecule has 2 aliphatic rings. The van der Waals surface area contributed by atoms with Crippen LogP contribution in [0.25, 0.3) is 0 Å². The topological polar surface area (TPSA) is 41.6 Å². The highest BCUT2D eigenvalue weighted by molar-refractivity contribution is 5.75. The van der Waals surface area contributed by atoms with E-state index in [-0.39, 0.29) is 18.1 Å². The molecule has 2 atom stereocenters. The van der Waals surface area contributed by atoms with Crippen LogP contribution >= 0.6 is 0 Å². The van der Waals surface area contributed by atoms with E-state index in [0.717, 1.165) is 38.0 Å². The average molecular weight is 356 g/mol. The molecule has 2 fully saturated rings. The van der Waals surface area contributed by atoms with Crippen molar-refractivity contribution >= 4 is 6.03 Å². The van der Waals surface area contributed by atoms with E-state index in [2.05, 4.69) is 5.32 Å². The number of amides is 2. The number of nitrogens with zero attached hydrogens (tertiary/aromatic N) is 1. The molecular weight excluding hydrogens is 333 g/mol. The van der Waals surface area contributed by atoms with Crippen molar-refractivity contribution < 1.29 is 22.7 Å². The molecule has 138 valence electrons. The highest BCUT2D eigenvalue weighted by atomic mass is 19.4. The van der Waals surface area contributed by atoms with E-state index in [9.17, 15) is 18.0 Å². The summed E-state index contributed by atoms with van der Waals surface area (Å²) >= 11 is 0. The largest absolute Gasteiger partial charge is 0.416 e. The highest BCUT2D eigenvalue weighted by Gasteiger charge is 2.35. The summed E-state index contributed by atoms with van der Waals surface area (Å²) in [7, 11) is 0. The van der Waals surface area contributed by atoms with Gasteiger partial charge in [0.15, 0.2) is 0 Å². The van der Waals surface area contributed by atoms with Gasteiger partial charge in [0.1, 0.15) is 0 Å². The maximum atomic E-state index is 12.6. The Bertz CT molecular complexity index is 593. The molecule has 7 heteroatoms. The normalized spacial score (nSPS) is 21.8. The lowest BCUT2D eigenvalue weighted by Crippen LogP contribution is -2.44. The summed E-state index contributed by atoms with van der Waals surface area (Å²) in [5, 5.41) is 2.91. The Balaban J connectivity index is 1.60. The summed E-state index contributed by atoms with van der Waals surface area (Å²) in [4.78, 5) is 14.5. The molecule has 1 aromatic carbocycles. The Labute approximate surface area is 145 Å². The van der Waals surface area contributed by atoms with Crippen LogP contribution in [0.4, 0.5) is 18.0 Å². The molecule has 1 N–H and O–H groups in total. The number of rotatable bonds is 5. The Kier molecular flexibility index (Phi) is 5.22. The molecule has 1 aliphatic heterocycles. The van der Waals surface area contributed by atoms with Crippen LogP contribution in [0.3, 0.4) is 0 Å². The molecule has 1 aromatic rings. The molecule has 0 spiro atoms. The van der Waals surface area contributed by atoms with E-state index in [4.69, 9.17) is 4.74 Å². The van der Waals surface area contributed by atoms with Crippen LogP contribution in [-0.2, 0) is 10.9 Å². The van der Waals surface area contributed by atoms with Crippen molar-refractivity contribution in [1.82, 2.24) is 10.2 Å². The first-order chi connectivity index (χ1) is 11.8. The smallest absolute Gasteiger partial charge is 0.381 e. The van der Waals surface area contributed by atoms with Crippen molar-refractivity contribution in [2.45, 2.75) is 44.4 Å². The third-order valence-electron chi connectivity index (χ3n) is 4.81. The Morgan fingerprint density at radius 2 is 1.96 bits per heavy atom. The molecule has 4 nitrogen and oxygen atoms in total. The van der Waals surface area contributed by atoms with Gasteiger partial charge in [-0.25, -0.2) is 4.79 Å². The molecule has 1 saturated heterocycles. The number of benzene rings is 1. The summed E-state index contributed by atoms with van der Waals surface area (Å²) < 4.78 is 43.3. The number of alkyl halides is 3. The van der Waals surface area contributed by atoms with Gasteiger partial charge in [-0.2, -0.15) is 13.2 Å². The third-order valence-corrected chi connectivity index (χ3v) is 4.81. The second-order valence-corrected chi connectivity index (χ2v) is 6.90. The van der Waals surface area contributed by atoms with Gasteiger partial charge in [-0.1, -0.05) is 12.1 Å². The molecule has 25 heavy (non-hydrogen) atoms. The Hall–Kier alpha value is -1.76. The molecule has 0 bridgehead atoms. The lowest BCUT2D eigenvalue weighted by atomic mass is 10.1. The van der Waals surface area contributed by atoms with Gasteiger partial charge in [0, 0.05) is 25.1 Å². The molecule has 0 aromatic heterocycles. The van der Waals surface area contributed by atoms with Gasteiger partial charge in [0.25, 0.3) is 0 Å². The van der Waals surface area contributed by atoms with Crippen LogP contribution in [0, 0.1) is 5.92 Å². The number of nitrogens with one attached hydrogen (secondary N) is 1. The second kappa shape index (κ2) is 7.23. The third kappa shape index (κ3) is 4.66. The Morgan fingerprint density at radius 1 is 1.28 bits per heavy atom. The quantitative estimate of drug-likeness (QED) is 0.867. The zero-order valence-electron chi connectivity index (χ0n) is 14.2. The molecule has 0 radical (unpaired) electrons. The summed E-state index contributed by atoms with van der Waals surface area (Å²) in [5.41, 5.74) is -0.0306. The molecular formula is C18H23F3N2O2. The lowest BCUT2D eigenvalue weighted by Gasteiger charge is -2.27. The predicted molar refractivity (Wildman–Crippen MR) is 87.0 cm³/mol. The van der Waals surface area contributed by atoms with Crippen LogP contribution in [0.5, 0.6) is 0 Å². The minimum Gasteiger partial charge on any atom is -0.381 e. The van der Waals surface area contributed by atoms with Crippen molar-refractivity contribution in [2.75, 3.05) is 19.8 Å². The van der Waals surface area contributed by atoms with Crippen LogP contribution in [0.2, 0.25) is 0 Å². The van der Waals surface area contributed by atoms with E-state index >= 15 is 0 Å². The SMILES string of the molecule is CC(NC(=O)N(CC1CCOC1)C1CC1)c1ccc(C(F)(F)F)cc1. The number of hydrogen-bond donors (Lipinski definition) is 1. The van der Waals surface area contributed by atoms with E-state index < -0.39 is 11.7 Å². The van der Waals surface area contributed by atoms with Crippen LogP contribution < -0.4 is 5.32 Å². The van der Waals surface area contributed by atoms with Gasteiger partial charge >= 0.3 is 12.2 Å². The second-order valence-electron chi connectivity index (χ2n) is 6.90. The van der Waals surface area contributed by atoms with Crippen molar-refractivity contribution in [3.8, 4) is 0 Å². The van der Waals surface area contributed by atoms with Crippen LogP contribution in [-0.4, -0.2) is 36.7 Å². The summed E-state index contributed by atoms with van der Waals surface area (Å²) in [6.45, 7) is 3.89. The van der Waals surface area contributed by atoms with Gasteiger partial charge in [-0.05, 0) is 43.9 Å². The fraction of sp³-hybridized carbons (Fsp3) is 0.611. The number of urea groups is 1. The van der Waals surface area contributed by atoms with Gasteiger partial charge in [-0.15, -0.1) is 0 Å². The van der Waals surface area contributed by atoms with Crippen LogP contribution in [0.15, 0.2) is 24.3 Å². The number of hydrogen-bond acceptors (Lipinski definition) is 2. The van der Waals surface area contributed by atoms with Gasteiger partial charge in [0.05, 0.1) is 18.2 Å². The van der Waals surface area contributed by atoms with Crippen molar-refractivity contribution in [3.63, 3.8) is 0 Å². The van der Waals surface area contributed by atoms with Gasteiger partial charge in [-0.3, -0.25) is 0 Å². The summed E-state index contributed by atoms with van der Waals surface area (Å²) in [5.74, 6) is 0.368. The van der Waals surface area contributed by atoms with Gasteiger partial charge < -0.3 is 15.0 Å². The molecule has 1 heterocycles. The van der Waals surface area contributed by atoms with Gasteiger partial charge in [0.2, 0.25) is 0 Å². The van der Waals surface area contributed by atoms with E-state index in [1.165, 1.54) is 12.1 Å². The lowest BCUT2D eigenvalue weighted by molar-refractivity contribution is -0.137. The fourth-order valence-corrected chi connectivity index (χ4v) is 3.10. The number of ether oxygens (including phenoxy) is 1.